The van der Waals surface area contributed by atoms with E-state index in [9.17, 15) is 0 Å². The molecule has 2 aromatic rings. The summed E-state index contributed by atoms with van der Waals surface area (Å²) in [6.45, 7) is 4.12. The number of aromatic nitrogens is 2. The highest BCUT2D eigenvalue weighted by atomic mass is 35.5. The Hall–Kier alpha value is -1.81. The van der Waals surface area contributed by atoms with Crippen LogP contribution in [0.2, 0.25) is 5.02 Å². The van der Waals surface area contributed by atoms with Gasteiger partial charge in [-0.15, -0.1) is 0 Å². The molecule has 2 N–H and O–H groups in total. The van der Waals surface area contributed by atoms with Crippen LogP contribution >= 0.6 is 11.6 Å². The highest BCUT2D eigenvalue weighted by Gasteiger charge is 2.03. The lowest BCUT2D eigenvalue weighted by atomic mass is 10.3. The second kappa shape index (κ2) is 5.69. The number of anilines is 3. The van der Waals surface area contributed by atoms with Gasteiger partial charge in [-0.3, -0.25) is 0 Å². The third-order valence-corrected chi connectivity index (χ3v) is 2.57. The molecule has 1 aromatic heterocycles. The molecule has 0 amide bonds. The van der Waals surface area contributed by atoms with E-state index in [-0.39, 0.29) is 0 Å². The molecule has 18 heavy (non-hydrogen) atoms. The van der Waals surface area contributed by atoms with Crippen LogP contribution in [0.25, 0.3) is 0 Å². The normalized spacial score (nSPS) is 10.4. The van der Waals surface area contributed by atoms with Gasteiger partial charge in [-0.25, -0.2) is 9.97 Å². The molecule has 0 saturated carbocycles. The van der Waals surface area contributed by atoms with E-state index >= 15 is 0 Å². The van der Waals surface area contributed by atoms with Gasteiger partial charge in [-0.05, 0) is 26.0 Å². The van der Waals surface area contributed by atoms with Crippen LogP contribution in [0, 0.1) is 0 Å². The van der Waals surface area contributed by atoms with Crippen molar-refractivity contribution in [1.29, 1.82) is 0 Å². The first-order valence-corrected chi connectivity index (χ1v) is 6.13. The third-order valence-electron chi connectivity index (χ3n) is 2.24. The van der Waals surface area contributed by atoms with Crippen LogP contribution in [0.5, 0.6) is 0 Å². The van der Waals surface area contributed by atoms with Crippen LogP contribution in [0.4, 0.5) is 17.3 Å². The first-order valence-electron chi connectivity index (χ1n) is 5.75. The lowest BCUT2D eigenvalue weighted by Crippen LogP contribution is -2.11. The van der Waals surface area contributed by atoms with E-state index in [1.165, 1.54) is 6.33 Å². The standard InChI is InChI=1S/C13H15ClN4/c1-9(2)17-12-7-13(16-8-15-12)18-11-6-4-3-5-10(11)14/h3-9H,1-2H3,(H2,15,16,17,18). The van der Waals surface area contributed by atoms with Crippen molar-refractivity contribution in [2.45, 2.75) is 19.9 Å². The van der Waals surface area contributed by atoms with Crippen LogP contribution in [0.1, 0.15) is 13.8 Å². The Labute approximate surface area is 111 Å². The maximum Gasteiger partial charge on any atom is 0.135 e. The fourth-order valence-corrected chi connectivity index (χ4v) is 1.68. The van der Waals surface area contributed by atoms with Crippen LogP contribution in [-0.4, -0.2) is 16.0 Å². The van der Waals surface area contributed by atoms with E-state index in [4.69, 9.17) is 11.6 Å². The molecule has 5 heteroatoms. The van der Waals surface area contributed by atoms with Crippen LogP contribution in [0.3, 0.4) is 0 Å². The van der Waals surface area contributed by atoms with Crippen molar-refractivity contribution < 1.29 is 0 Å². The molecule has 1 aromatic carbocycles. The van der Waals surface area contributed by atoms with E-state index in [1.54, 1.807) is 0 Å². The van der Waals surface area contributed by atoms with Crippen molar-refractivity contribution in [3.8, 4) is 0 Å². The molecule has 0 aliphatic heterocycles. The smallest absolute Gasteiger partial charge is 0.135 e. The summed E-state index contributed by atoms with van der Waals surface area (Å²) in [5.41, 5.74) is 0.827. The van der Waals surface area contributed by atoms with E-state index in [2.05, 4.69) is 34.4 Å². The van der Waals surface area contributed by atoms with Crippen LogP contribution in [0.15, 0.2) is 36.7 Å². The molecule has 0 bridgehead atoms. The van der Waals surface area contributed by atoms with Gasteiger partial charge in [-0.2, -0.15) is 0 Å². The predicted molar refractivity (Wildman–Crippen MR) is 75.5 cm³/mol. The van der Waals surface area contributed by atoms with Gasteiger partial charge in [0.2, 0.25) is 0 Å². The monoisotopic (exact) mass is 262 g/mol. The number of nitrogens with zero attached hydrogens (tertiary/aromatic N) is 2. The molecule has 0 unspecified atom stereocenters. The predicted octanol–water partition coefficient (Wildman–Crippen LogP) is 3.69. The van der Waals surface area contributed by atoms with E-state index in [0.717, 1.165) is 11.5 Å². The Bertz CT molecular complexity index is 528. The second-order valence-corrected chi connectivity index (χ2v) is 4.60. The number of nitrogens with one attached hydrogen (secondary N) is 2. The molecule has 0 radical (unpaired) electrons. The zero-order valence-electron chi connectivity index (χ0n) is 10.3. The molecule has 0 spiro atoms. The van der Waals surface area contributed by atoms with Crippen molar-refractivity contribution in [1.82, 2.24) is 9.97 Å². The van der Waals surface area contributed by atoms with Gasteiger partial charge in [0.25, 0.3) is 0 Å². The highest BCUT2D eigenvalue weighted by Crippen LogP contribution is 2.24. The summed E-state index contributed by atoms with van der Waals surface area (Å²) in [6, 6.07) is 9.72. The first kappa shape index (κ1) is 12.6. The summed E-state index contributed by atoms with van der Waals surface area (Å²) in [5, 5.41) is 7.05. The molecule has 0 saturated heterocycles. The molecule has 0 aliphatic rings. The molecule has 4 nitrogen and oxygen atoms in total. The molecule has 1 heterocycles. The van der Waals surface area contributed by atoms with Gasteiger partial charge in [0, 0.05) is 12.1 Å². The lowest BCUT2D eigenvalue weighted by molar-refractivity contribution is 0.886. The van der Waals surface area contributed by atoms with Crippen LogP contribution in [-0.2, 0) is 0 Å². The topological polar surface area (TPSA) is 49.8 Å². The molecule has 0 aliphatic carbocycles. The van der Waals surface area contributed by atoms with E-state index < -0.39 is 0 Å². The number of halogens is 1. The minimum atomic E-state index is 0.327. The van der Waals surface area contributed by atoms with Gasteiger partial charge in [0.05, 0.1) is 10.7 Å². The number of para-hydroxylation sites is 1. The number of hydrogen-bond acceptors (Lipinski definition) is 4. The number of benzene rings is 1. The fourth-order valence-electron chi connectivity index (χ4n) is 1.50. The van der Waals surface area contributed by atoms with Crippen molar-refractivity contribution >= 4 is 28.9 Å². The summed E-state index contributed by atoms with van der Waals surface area (Å²) >= 11 is 6.08. The minimum absolute atomic E-state index is 0.327. The zero-order chi connectivity index (χ0) is 13.0. The zero-order valence-corrected chi connectivity index (χ0v) is 11.1. The lowest BCUT2D eigenvalue weighted by Gasteiger charge is -2.11. The maximum atomic E-state index is 6.08. The Morgan fingerprint density at radius 1 is 1.11 bits per heavy atom. The fraction of sp³-hybridized carbons (Fsp3) is 0.231. The van der Waals surface area contributed by atoms with Gasteiger partial charge < -0.3 is 10.6 Å². The second-order valence-electron chi connectivity index (χ2n) is 4.19. The SMILES string of the molecule is CC(C)Nc1cc(Nc2ccccc2Cl)ncn1. The van der Waals surface area contributed by atoms with E-state index in [1.807, 2.05) is 30.3 Å². The summed E-state index contributed by atoms with van der Waals surface area (Å²) in [4.78, 5) is 8.31. The maximum absolute atomic E-state index is 6.08. The quantitative estimate of drug-likeness (QED) is 0.882. The summed E-state index contributed by atoms with van der Waals surface area (Å²) in [5.74, 6) is 1.50. The van der Waals surface area contributed by atoms with Crippen molar-refractivity contribution in [3.63, 3.8) is 0 Å². The third kappa shape index (κ3) is 3.34. The average molecular weight is 263 g/mol. The van der Waals surface area contributed by atoms with Crippen molar-refractivity contribution in [2.24, 2.45) is 0 Å². The highest BCUT2D eigenvalue weighted by molar-refractivity contribution is 6.33. The largest absolute Gasteiger partial charge is 0.368 e. The van der Waals surface area contributed by atoms with E-state index in [0.29, 0.717) is 16.9 Å². The number of rotatable bonds is 4. The van der Waals surface area contributed by atoms with Gasteiger partial charge in [0.15, 0.2) is 0 Å². The van der Waals surface area contributed by atoms with Crippen LogP contribution < -0.4 is 10.6 Å². The molecule has 0 atom stereocenters. The minimum Gasteiger partial charge on any atom is -0.368 e. The van der Waals surface area contributed by atoms with Crippen molar-refractivity contribution in [2.75, 3.05) is 10.6 Å². The Kier molecular flexibility index (Phi) is 3.99. The number of hydrogen-bond donors (Lipinski definition) is 2. The molecule has 94 valence electrons. The summed E-state index contributed by atoms with van der Waals surface area (Å²) in [6.07, 6.45) is 1.52. The van der Waals surface area contributed by atoms with Crippen molar-refractivity contribution in [3.05, 3.63) is 41.7 Å². The Morgan fingerprint density at radius 3 is 2.56 bits per heavy atom. The van der Waals surface area contributed by atoms with Gasteiger partial charge in [0.1, 0.15) is 18.0 Å². The average Bonchev–Trinajstić information content (AvgIpc) is 2.32. The van der Waals surface area contributed by atoms with Gasteiger partial charge in [-0.1, -0.05) is 23.7 Å². The molecular weight excluding hydrogens is 248 g/mol. The summed E-state index contributed by atoms with van der Waals surface area (Å²) in [7, 11) is 0. The Balaban J connectivity index is 2.17. The molecule has 0 fully saturated rings. The Morgan fingerprint density at radius 2 is 1.83 bits per heavy atom. The molecular formula is C13H15ClN4. The molecule has 2 rings (SSSR count). The van der Waals surface area contributed by atoms with Gasteiger partial charge >= 0.3 is 0 Å². The first-order chi connectivity index (χ1) is 8.65. The summed E-state index contributed by atoms with van der Waals surface area (Å²) < 4.78 is 0.